The summed E-state index contributed by atoms with van der Waals surface area (Å²) in [5, 5.41) is 11.8. The van der Waals surface area contributed by atoms with Crippen LogP contribution in [0.4, 0.5) is 5.82 Å². The van der Waals surface area contributed by atoms with E-state index in [0.29, 0.717) is 18.1 Å². The SMILES string of the molecule is CCCn1cc(CNc2cc(C(N)=O)n(C)n2)c(C)n1. The van der Waals surface area contributed by atoms with E-state index in [-0.39, 0.29) is 0 Å². The van der Waals surface area contributed by atoms with Gasteiger partial charge < -0.3 is 11.1 Å². The van der Waals surface area contributed by atoms with Gasteiger partial charge >= 0.3 is 0 Å². The van der Waals surface area contributed by atoms with Crippen molar-refractivity contribution < 1.29 is 4.79 Å². The van der Waals surface area contributed by atoms with Gasteiger partial charge in [-0.3, -0.25) is 14.2 Å². The van der Waals surface area contributed by atoms with Crippen molar-refractivity contribution >= 4 is 11.7 Å². The molecule has 0 aromatic carbocycles. The van der Waals surface area contributed by atoms with Crippen LogP contribution in [-0.4, -0.2) is 25.5 Å². The second kappa shape index (κ2) is 5.77. The van der Waals surface area contributed by atoms with Crippen molar-refractivity contribution in [1.82, 2.24) is 19.6 Å². The van der Waals surface area contributed by atoms with Crippen molar-refractivity contribution in [1.29, 1.82) is 0 Å². The summed E-state index contributed by atoms with van der Waals surface area (Å²) in [5.41, 5.74) is 7.75. The van der Waals surface area contributed by atoms with E-state index in [4.69, 9.17) is 5.73 Å². The zero-order valence-corrected chi connectivity index (χ0v) is 12.1. The predicted molar refractivity (Wildman–Crippen MR) is 76.3 cm³/mol. The van der Waals surface area contributed by atoms with Crippen LogP contribution >= 0.6 is 0 Å². The van der Waals surface area contributed by atoms with Crippen LogP contribution < -0.4 is 11.1 Å². The average molecular weight is 276 g/mol. The highest BCUT2D eigenvalue weighted by atomic mass is 16.1. The van der Waals surface area contributed by atoms with E-state index in [1.54, 1.807) is 13.1 Å². The number of rotatable bonds is 6. The number of anilines is 1. The third kappa shape index (κ3) is 2.98. The first-order chi connectivity index (χ1) is 9.51. The Morgan fingerprint density at radius 1 is 1.45 bits per heavy atom. The molecule has 3 N–H and O–H groups in total. The van der Waals surface area contributed by atoms with Crippen LogP contribution in [0.5, 0.6) is 0 Å². The van der Waals surface area contributed by atoms with Crippen molar-refractivity contribution in [3.8, 4) is 0 Å². The molecule has 0 aliphatic carbocycles. The molecule has 2 rings (SSSR count). The first-order valence-electron chi connectivity index (χ1n) is 6.62. The Labute approximate surface area is 117 Å². The van der Waals surface area contributed by atoms with Gasteiger partial charge in [-0.15, -0.1) is 0 Å². The molecule has 0 aliphatic rings. The number of nitrogens with two attached hydrogens (primary N) is 1. The summed E-state index contributed by atoms with van der Waals surface area (Å²) >= 11 is 0. The Bertz CT molecular complexity index is 612. The van der Waals surface area contributed by atoms with Crippen molar-refractivity contribution in [2.24, 2.45) is 12.8 Å². The van der Waals surface area contributed by atoms with Gasteiger partial charge in [0.2, 0.25) is 0 Å². The van der Waals surface area contributed by atoms with Crippen molar-refractivity contribution in [2.45, 2.75) is 33.4 Å². The lowest BCUT2D eigenvalue weighted by Gasteiger charge is -2.00. The van der Waals surface area contributed by atoms with Gasteiger partial charge in [0.25, 0.3) is 5.91 Å². The summed E-state index contributed by atoms with van der Waals surface area (Å²) in [6.45, 7) is 5.63. The van der Waals surface area contributed by atoms with E-state index in [1.165, 1.54) is 4.68 Å². The summed E-state index contributed by atoms with van der Waals surface area (Å²) < 4.78 is 3.41. The van der Waals surface area contributed by atoms with E-state index < -0.39 is 5.91 Å². The molecule has 0 radical (unpaired) electrons. The molecular weight excluding hydrogens is 256 g/mol. The van der Waals surface area contributed by atoms with Gasteiger partial charge in [-0.05, 0) is 13.3 Å². The number of aromatic nitrogens is 4. The molecule has 108 valence electrons. The molecule has 0 aliphatic heterocycles. The molecule has 2 aromatic heterocycles. The largest absolute Gasteiger partial charge is 0.364 e. The monoisotopic (exact) mass is 276 g/mol. The van der Waals surface area contributed by atoms with Gasteiger partial charge in [-0.25, -0.2) is 0 Å². The van der Waals surface area contributed by atoms with E-state index in [0.717, 1.165) is 24.2 Å². The van der Waals surface area contributed by atoms with E-state index in [2.05, 4.69) is 22.4 Å². The lowest BCUT2D eigenvalue weighted by molar-refractivity contribution is 0.0991. The average Bonchev–Trinajstić information content (AvgIpc) is 2.91. The highest BCUT2D eigenvalue weighted by Gasteiger charge is 2.10. The van der Waals surface area contributed by atoms with Crippen molar-refractivity contribution in [3.05, 3.63) is 29.2 Å². The summed E-state index contributed by atoms with van der Waals surface area (Å²) in [7, 11) is 1.69. The minimum absolute atomic E-state index is 0.380. The molecule has 7 nitrogen and oxygen atoms in total. The Morgan fingerprint density at radius 3 is 2.80 bits per heavy atom. The van der Waals surface area contributed by atoms with Crippen LogP contribution in [0.25, 0.3) is 0 Å². The van der Waals surface area contributed by atoms with E-state index in [1.807, 2.05) is 17.8 Å². The molecule has 0 fully saturated rings. The topological polar surface area (TPSA) is 90.8 Å². The fourth-order valence-electron chi connectivity index (χ4n) is 2.05. The number of carbonyl (C=O) groups excluding carboxylic acids is 1. The van der Waals surface area contributed by atoms with Gasteiger partial charge in [0.15, 0.2) is 0 Å². The van der Waals surface area contributed by atoms with E-state index >= 15 is 0 Å². The van der Waals surface area contributed by atoms with Gasteiger partial charge in [0.05, 0.1) is 5.69 Å². The molecule has 2 heterocycles. The quantitative estimate of drug-likeness (QED) is 0.825. The Morgan fingerprint density at radius 2 is 2.20 bits per heavy atom. The minimum atomic E-state index is -0.486. The normalized spacial score (nSPS) is 10.8. The summed E-state index contributed by atoms with van der Waals surface area (Å²) in [4.78, 5) is 11.2. The van der Waals surface area contributed by atoms with Crippen molar-refractivity contribution in [2.75, 3.05) is 5.32 Å². The van der Waals surface area contributed by atoms with Gasteiger partial charge in [-0.1, -0.05) is 6.92 Å². The lowest BCUT2D eigenvalue weighted by Crippen LogP contribution is -2.15. The first-order valence-corrected chi connectivity index (χ1v) is 6.62. The van der Waals surface area contributed by atoms with Crippen LogP contribution in [0.3, 0.4) is 0 Å². The molecule has 20 heavy (non-hydrogen) atoms. The van der Waals surface area contributed by atoms with Crippen molar-refractivity contribution in [3.63, 3.8) is 0 Å². The molecule has 0 saturated heterocycles. The Kier molecular flexibility index (Phi) is 4.07. The molecule has 0 bridgehead atoms. The fraction of sp³-hybridized carbons (Fsp3) is 0.462. The molecule has 0 saturated carbocycles. The molecule has 0 spiro atoms. The second-order valence-corrected chi connectivity index (χ2v) is 4.76. The van der Waals surface area contributed by atoms with Gasteiger partial charge in [0, 0.05) is 38.0 Å². The smallest absolute Gasteiger partial charge is 0.267 e. The lowest BCUT2D eigenvalue weighted by atomic mass is 10.2. The number of primary amides is 1. The molecule has 0 unspecified atom stereocenters. The zero-order chi connectivity index (χ0) is 14.7. The highest BCUT2D eigenvalue weighted by Crippen LogP contribution is 2.12. The first kappa shape index (κ1) is 14.1. The van der Waals surface area contributed by atoms with Gasteiger partial charge in [-0.2, -0.15) is 10.2 Å². The maximum atomic E-state index is 11.2. The maximum Gasteiger partial charge on any atom is 0.267 e. The number of hydrogen-bond acceptors (Lipinski definition) is 4. The predicted octanol–water partition coefficient (Wildman–Crippen LogP) is 1.05. The van der Waals surface area contributed by atoms with Crippen LogP contribution in [-0.2, 0) is 20.1 Å². The minimum Gasteiger partial charge on any atom is -0.364 e. The number of nitrogens with one attached hydrogen (secondary N) is 1. The van der Waals surface area contributed by atoms with Crippen LogP contribution in [0.1, 0.15) is 35.1 Å². The van der Waals surface area contributed by atoms with E-state index in [9.17, 15) is 4.79 Å². The number of amides is 1. The third-order valence-corrected chi connectivity index (χ3v) is 3.09. The highest BCUT2D eigenvalue weighted by molar-refractivity contribution is 5.91. The molecule has 0 atom stereocenters. The number of hydrogen-bond donors (Lipinski definition) is 2. The summed E-state index contributed by atoms with van der Waals surface area (Å²) in [5.74, 6) is 0.143. The van der Waals surface area contributed by atoms with Crippen LogP contribution in [0.2, 0.25) is 0 Å². The van der Waals surface area contributed by atoms with Crippen LogP contribution in [0, 0.1) is 6.92 Å². The number of aryl methyl sites for hydroxylation is 3. The summed E-state index contributed by atoms with van der Waals surface area (Å²) in [6.07, 6.45) is 3.08. The summed E-state index contributed by atoms with van der Waals surface area (Å²) in [6, 6.07) is 1.65. The Balaban J connectivity index is 2.05. The second-order valence-electron chi connectivity index (χ2n) is 4.76. The van der Waals surface area contributed by atoms with Crippen LogP contribution in [0.15, 0.2) is 12.3 Å². The number of nitrogens with zero attached hydrogens (tertiary/aromatic N) is 4. The molecule has 1 amide bonds. The standard InChI is InChI=1S/C13H20N6O/c1-4-5-19-8-10(9(2)16-19)7-15-12-6-11(13(14)20)18(3)17-12/h6,8H,4-5,7H2,1-3H3,(H2,14,20)(H,15,17). The number of carbonyl (C=O) groups is 1. The molecule has 2 aromatic rings. The molecule has 7 heteroatoms. The molecular formula is C13H20N6O. The maximum absolute atomic E-state index is 11.2. The third-order valence-electron chi connectivity index (χ3n) is 3.09. The zero-order valence-electron chi connectivity index (χ0n) is 12.1. The van der Waals surface area contributed by atoms with Gasteiger partial charge in [0.1, 0.15) is 11.5 Å². The fourth-order valence-corrected chi connectivity index (χ4v) is 2.05. The Hall–Kier alpha value is -2.31.